The van der Waals surface area contributed by atoms with Crippen molar-refractivity contribution >= 4 is 18.5 Å². The van der Waals surface area contributed by atoms with Gasteiger partial charge in [-0.1, -0.05) is 0 Å². The molecule has 0 aliphatic rings. The molecule has 88 valence electrons. The van der Waals surface area contributed by atoms with E-state index in [1.165, 1.54) is 0 Å². The summed E-state index contributed by atoms with van der Waals surface area (Å²) >= 11 is 0. The molecule has 0 aliphatic carbocycles. The van der Waals surface area contributed by atoms with Gasteiger partial charge in [0, 0.05) is 0 Å². The summed E-state index contributed by atoms with van der Waals surface area (Å²) in [4.78, 5) is 25.0. The van der Waals surface area contributed by atoms with E-state index < -0.39 is 18.5 Å². The second-order valence-corrected chi connectivity index (χ2v) is 0.750. The molecule has 0 saturated heterocycles. The van der Waals surface area contributed by atoms with Crippen molar-refractivity contribution in [3.8, 4) is 0 Å². The van der Waals surface area contributed by atoms with Gasteiger partial charge >= 0.3 is 23.1 Å². The van der Waals surface area contributed by atoms with Crippen molar-refractivity contribution in [3.05, 3.63) is 14.4 Å². The Bertz CT molecular complexity index is 119. The summed E-state index contributed by atoms with van der Waals surface area (Å²) in [5, 5.41) is 50.0. The van der Waals surface area contributed by atoms with E-state index >= 15 is 0 Å². The second kappa shape index (κ2) is 38.8. The molecule has 0 aromatic rings. The summed E-state index contributed by atoms with van der Waals surface area (Å²) in [5.74, 6) is 0. The van der Waals surface area contributed by atoms with E-state index in [2.05, 4.69) is 14.4 Å². The number of hydrogen-bond donors (Lipinski definition) is 0. The SMILES string of the molecule is O=C([O-])[O-].O=C([O-])[O-].O=C([O-])[O-].[C+3]F.[C+3]F. The quantitative estimate of drug-likeness (QED) is 0.397. The summed E-state index contributed by atoms with van der Waals surface area (Å²) in [6.45, 7) is 0. The zero-order chi connectivity index (χ0) is 14.7. The van der Waals surface area contributed by atoms with Gasteiger partial charge < -0.3 is 45.0 Å². The molecule has 0 N–H and O–H groups in total. The Kier molecular flexibility index (Phi) is 70.8. The van der Waals surface area contributed by atoms with Crippen LogP contribution in [0, 0.1) is 14.4 Å². The van der Waals surface area contributed by atoms with Crippen molar-refractivity contribution in [3.63, 3.8) is 0 Å². The van der Waals surface area contributed by atoms with Gasteiger partial charge in [0.1, 0.15) is 0 Å². The zero-order valence-corrected chi connectivity index (χ0v) is 6.93. The predicted octanol–water partition coefficient (Wildman–Crippen LogP) is -6.34. The molecule has 11 heteroatoms. The van der Waals surface area contributed by atoms with E-state index in [0.717, 1.165) is 0 Å². The van der Waals surface area contributed by atoms with Gasteiger partial charge in [0.05, 0.1) is 0 Å². The molecule has 0 bridgehead atoms. The van der Waals surface area contributed by atoms with Crippen LogP contribution in [0.4, 0.5) is 23.2 Å². The van der Waals surface area contributed by atoms with Crippen LogP contribution in [0.3, 0.4) is 0 Å². The molecule has 0 amide bonds. The van der Waals surface area contributed by atoms with Gasteiger partial charge in [0.2, 0.25) is 0 Å². The van der Waals surface area contributed by atoms with Crippen LogP contribution in [0.15, 0.2) is 0 Å². The third kappa shape index (κ3) is 245. The first kappa shape index (κ1) is 29.2. The van der Waals surface area contributed by atoms with Crippen LogP contribution in [0.25, 0.3) is 0 Å². The van der Waals surface area contributed by atoms with E-state index in [0.29, 0.717) is 0 Å². The van der Waals surface area contributed by atoms with Gasteiger partial charge in [-0.05, 0) is 18.5 Å². The molecular weight excluding hydrogens is 242 g/mol. The number of halogens is 2. The summed E-state index contributed by atoms with van der Waals surface area (Å²) in [6.07, 6.45) is -7.00. The van der Waals surface area contributed by atoms with Gasteiger partial charge in [-0.15, -0.1) is 0 Å². The Balaban J connectivity index is -0.0000000327. The minimum atomic E-state index is -2.33. The average Bonchev–Trinajstić information content (AvgIpc) is 2.07. The molecule has 0 spiro atoms. The fraction of sp³-hybridized carbons (Fsp3) is 0. The molecule has 9 nitrogen and oxygen atoms in total. The molecule has 0 radical (unpaired) electrons. The predicted molar refractivity (Wildman–Crippen MR) is 24.9 cm³/mol. The van der Waals surface area contributed by atoms with Gasteiger partial charge in [-0.25, -0.2) is 0 Å². The average molecular weight is 242 g/mol. The molecule has 0 aliphatic heterocycles. The first-order valence-corrected chi connectivity index (χ1v) is 2.22. The molecule has 0 rings (SSSR count). The topological polar surface area (TPSA) is 190 Å². The maximum absolute atomic E-state index is 8.75. The molecule has 16 heavy (non-hydrogen) atoms. The van der Waals surface area contributed by atoms with Crippen LogP contribution in [0.2, 0.25) is 0 Å². The van der Waals surface area contributed by atoms with E-state index in [-0.39, 0.29) is 0 Å². The molecule has 0 aromatic carbocycles. The van der Waals surface area contributed by atoms with Crippen LogP contribution >= 0.6 is 0 Å². The second-order valence-electron chi connectivity index (χ2n) is 0.750. The summed E-state index contributed by atoms with van der Waals surface area (Å²) in [6, 6.07) is 0. The van der Waals surface area contributed by atoms with E-state index in [1.54, 1.807) is 0 Å². The Morgan fingerprint density at radius 2 is 0.562 bits per heavy atom. The maximum atomic E-state index is 8.75. The van der Waals surface area contributed by atoms with Crippen LogP contribution in [0.5, 0.6) is 0 Å². The molecule has 0 heterocycles. The van der Waals surface area contributed by atoms with Crippen molar-refractivity contribution < 1.29 is 53.8 Å². The van der Waals surface area contributed by atoms with Crippen molar-refractivity contribution in [2.24, 2.45) is 0 Å². The number of carbonyl (C=O) groups excluding carboxylic acids is 3. The van der Waals surface area contributed by atoms with Crippen molar-refractivity contribution in [2.45, 2.75) is 0 Å². The summed E-state index contributed by atoms with van der Waals surface area (Å²) < 4.78 is 17.5. The van der Waals surface area contributed by atoms with Crippen LogP contribution in [-0.4, -0.2) is 18.5 Å². The van der Waals surface area contributed by atoms with Gasteiger partial charge in [-0.2, -0.15) is 0 Å². The molecule has 0 saturated carbocycles. The first-order chi connectivity index (χ1) is 7.20. The monoisotopic (exact) mass is 242 g/mol. The normalized spacial score (nSPS) is 5.38. The van der Waals surface area contributed by atoms with Gasteiger partial charge in [-0.3, -0.25) is 0 Å². The van der Waals surface area contributed by atoms with E-state index in [1.807, 2.05) is 0 Å². The van der Waals surface area contributed by atoms with Crippen molar-refractivity contribution in [1.29, 1.82) is 0 Å². The number of carbonyl (C=O) groups is 3. The zero-order valence-electron chi connectivity index (χ0n) is 6.93. The Hall–Kier alpha value is -2.33. The Morgan fingerprint density at radius 3 is 0.562 bits per heavy atom. The van der Waals surface area contributed by atoms with Gasteiger partial charge in [0.15, 0.2) is 0 Å². The van der Waals surface area contributed by atoms with Crippen LogP contribution in [0.1, 0.15) is 0 Å². The minimum absolute atomic E-state index is 2.33. The molecule has 0 fully saturated rings. The van der Waals surface area contributed by atoms with E-state index in [9.17, 15) is 0 Å². The van der Waals surface area contributed by atoms with Crippen molar-refractivity contribution in [2.75, 3.05) is 0 Å². The Morgan fingerprint density at radius 1 is 0.562 bits per heavy atom. The standard InChI is InChI=1S/2CF.3CH2O3/c2*1-2;3*2-1(3)4/h;;3*(H2,2,3,4)/q2*+3;;;/p-6. The molecule has 0 atom stereocenters. The number of carboxylic acid groups (broad SMARTS) is 6. The third-order valence-corrected chi connectivity index (χ3v) is 0. The van der Waals surface area contributed by atoms with Crippen molar-refractivity contribution in [1.82, 2.24) is 0 Å². The van der Waals surface area contributed by atoms with Gasteiger partial charge in [0.25, 0.3) is 0 Å². The molecule has 0 aromatic heterocycles. The number of hydrogen-bond acceptors (Lipinski definition) is 9. The number of rotatable bonds is 0. The molecule has 0 unspecified atom stereocenters. The first-order valence-electron chi connectivity index (χ1n) is 2.22. The van der Waals surface area contributed by atoms with Crippen LogP contribution < -0.4 is 30.6 Å². The summed E-state index contributed by atoms with van der Waals surface area (Å²) in [7, 11) is 8.50. The third-order valence-electron chi connectivity index (χ3n) is 0. The summed E-state index contributed by atoms with van der Waals surface area (Å²) in [5.41, 5.74) is 0. The Labute approximate surface area is 87.8 Å². The van der Waals surface area contributed by atoms with Crippen LogP contribution in [-0.2, 0) is 0 Å². The van der Waals surface area contributed by atoms with E-state index in [4.69, 9.17) is 53.8 Å². The molecular formula is C5F2O9. The fourth-order valence-corrected chi connectivity index (χ4v) is 0. The fourth-order valence-electron chi connectivity index (χ4n) is 0.